The van der Waals surface area contributed by atoms with E-state index < -0.39 is 0 Å². The summed E-state index contributed by atoms with van der Waals surface area (Å²) < 4.78 is 5.51. The second-order valence-corrected chi connectivity index (χ2v) is 4.10. The number of amidine groups is 1. The van der Waals surface area contributed by atoms with Crippen molar-refractivity contribution in [3.8, 4) is 0 Å². The van der Waals surface area contributed by atoms with Crippen LogP contribution in [0.1, 0.15) is 32.6 Å². The highest BCUT2D eigenvalue weighted by molar-refractivity contribution is 5.81. The van der Waals surface area contributed by atoms with Gasteiger partial charge < -0.3 is 9.64 Å². The number of nitrogens with zero attached hydrogens (tertiary/aromatic N) is 1. The Bertz CT molecular complexity index is 205. The molecule has 0 spiro atoms. The fourth-order valence-electron chi connectivity index (χ4n) is 2.36. The van der Waals surface area contributed by atoms with E-state index in [2.05, 4.69) is 11.8 Å². The van der Waals surface area contributed by atoms with Crippen LogP contribution in [0.15, 0.2) is 0 Å². The first-order valence-corrected chi connectivity index (χ1v) is 5.23. The Morgan fingerprint density at radius 1 is 1.54 bits per heavy atom. The van der Waals surface area contributed by atoms with E-state index in [9.17, 15) is 0 Å². The summed E-state index contributed by atoms with van der Waals surface area (Å²) in [4.78, 5) is 2.28. The molecule has 2 aliphatic heterocycles. The van der Waals surface area contributed by atoms with Crippen LogP contribution in [0, 0.1) is 5.41 Å². The summed E-state index contributed by atoms with van der Waals surface area (Å²) >= 11 is 0. The average Bonchev–Trinajstić information content (AvgIpc) is 2.51. The molecule has 0 saturated carbocycles. The molecule has 0 bridgehead atoms. The summed E-state index contributed by atoms with van der Waals surface area (Å²) in [6, 6.07) is 0.582. The minimum atomic E-state index is 0.382. The van der Waals surface area contributed by atoms with Crippen molar-refractivity contribution in [1.82, 2.24) is 4.90 Å². The lowest BCUT2D eigenvalue weighted by Gasteiger charge is -2.35. The molecule has 3 nitrogen and oxygen atoms in total. The predicted molar refractivity (Wildman–Crippen MR) is 52.1 cm³/mol. The molecule has 1 N–H and O–H groups in total. The van der Waals surface area contributed by atoms with Gasteiger partial charge in [0.2, 0.25) is 0 Å². The summed E-state index contributed by atoms with van der Waals surface area (Å²) in [7, 11) is 0. The van der Waals surface area contributed by atoms with Crippen LogP contribution in [-0.2, 0) is 4.74 Å². The van der Waals surface area contributed by atoms with Crippen LogP contribution in [0.4, 0.5) is 0 Å². The summed E-state index contributed by atoms with van der Waals surface area (Å²) in [5, 5.41) is 7.79. The van der Waals surface area contributed by atoms with E-state index in [1.807, 2.05) is 0 Å². The molecule has 2 fully saturated rings. The van der Waals surface area contributed by atoms with Gasteiger partial charge in [-0.2, -0.15) is 0 Å². The van der Waals surface area contributed by atoms with E-state index in [0.29, 0.717) is 12.1 Å². The van der Waals surface area contributed by atoms with Gasteiger partial charge in [-0.25, -0.2) is 0 Å². The Kier molecular flexibility index (Phi) is 2.54. The van der Waals surface area contributed by atoms with Gasteiger partial charge in [-0.05, 0) is 26.2 Å². The topological polar surface area (TPSA) is 36.3 Å². The first-order valence-electron chi connectivity index (χ1n) is 5.23. The smallest absolute Gasteiger partial charge is 0.0960 e. The second-order valence-electron chi connectivity index (χ2n) is 4.10. The van der Waals surface area contributed by atoms with Gasteiger partial charge in [-0.3, -0.25) is 5.41 Å². The largest absolute Gasteiger partial charge is 0.378 e. The van der Waals surface area contributed by atoms with Crippen LogP contribution in [0.25, 0.3) is 0 Å². The zero-order chi connectivity index (χ0) is 9.26. The standard InChI is InChI=1S/C10H18N2O/c1-8-7-9(4-6-13-8)12-5-2-3-10(12)11/h8-9,11H,2-7H2,1H3. The third-order valence-corrected chi connectivity index (χ3v) is 3.06. The van der Waals surface area contributed by atoms with Crippen molar-refractivity contribution in [3.63, 3.8) is 0 Å². The molecule has 2 saturated heterocycles. The summed E-state index contributed by atoms with van der Waals surface area (Å²) in [6.07, 6.45) is 4.73. The van der Waals surface area contributed by atoms with E-state index in [1.54, 1.807) is 0 Å². The molecule has 0 aromatic heterocycles. The molecule has 0 aromatic rings. The van der Waals surface area contributed by atoms with E-state index >= 15 is 0 Å². The normalized spacial score (nSPS) is 35.5. The van der Waals surface area contributed by atoms with Crippen LogP contribution in [0.3, 0.4) is 0 Å². The van der Waals surface area contributed by atoms with Crippen molar-refractivity contribution in [2.75, 3.05) is 13.2 Å². The van der Waals surface area contributed by atoms with Gasteiger partial charge in [0, 0.05) is 25.6 Å². The fraction of sp³-hybridized carbons (Fsp3) is 0.900. The molecule has 0 aromatic carbocycles. The minimum absolute atomic E-state index is 0.382. The minimum Gasteiger partial charge on any atom is -0.378 e. The first kappa shape index (κ1) is 9.00. The highest BCUT2D eigenvalue weighted by Gasteiger charge is 2.29. The quantitative estimate of drug-likeness (QED) is 0.669. The lowest BCUT2D eigenvalue weighted by molar-refractivity contribution is -0.00194. The Labute approximate surface area is 79.6 Å². The van der Waals surface area contributed by atoms with Crippen LogP contribution in [0.5, 0.6) is 0 Å². The van der Waals surface area contributed by atoms with E-state index in [-0.39, 0.29) is 0 Å². The molecule has 0 aliphatic carbocycles. The molecule has 2 heterocycles. The number of hydrogen-bond donors (Lipinski definition) is 1. The van der Waals surface area contributed by atoms with Crippen molar-refractivity contribution < 1.29 is 4.74 Å². The Hall–Kier alpha value is -0.570. The van der Waals surface area contributed by atoms with Crippen LogP contribution in [-0.4, -0.2) is 36.0 Å². The number of hydrogen-bond acceptors (Lipinski definition) is 2. The molecule has 74 valence electrons. The fourth-order valence-corrected chi connectivity index (χ4v) is 2.36. The molecule has 2 aliphatic rings. The lowest BCUT2D eigenvalue weighted by Crippen LogP contribution is -2.42. The highest BCUT2D eigenvalue weighted by atomic mass is 16.5. The number of nitrogens with one attached hydrogen (secondary N) is 1. The number of likely N-dealkylation sites (tertiary alicyclic amines) is 1. The van der Waals surface area contributed by atoms with Crippen LogP contribution < -0.4 is 0 Å². The first-order chi connectivity index (χ1) is 6.27. The molecular formula is C10H18N2O. The molecule has 3 heteroatoms. The van der Waals surface area contributed by atoms with Gasteiger partial charge in [-0.15, -0.1) is 0 Å². The SMILES string of the molecule is CC1CC(N2CCCC2=N)CCO1. The number of ether oxygens (including phenoxy) is 1. The van der Waals surface area contributed by atoms with Crippen molar-refractivity contribution in [3.05, 3.63) is 0 Å². The molecular weight excluding hydrogens is 164 g/mol. The summed E-state index contributed by atoms with van der Waals surface area (Å²) in [5.74, 6) is 0.846. The second kappa shape index (κ2) is 3.66. The van der Waals surface area contributed by atoms with Crippen molar-refractivity contribution >= 4 is 5.84 Å². The molecule has 2 unspecified atom stereocenters. The molecule has 0 amide bonds. The molecule has 0 radical (unpaired) electrons. The third-order valence-electron chi connectivity index (χ3n) is 3.06. The van der Waals surface area contributed by atoms with E-state index in [1.165, 1.54) is 6.42 Å². The van der Waals surface area contributed by atoms with Gasteiger partial charge >= 0.3 is 0 Å². The van der Waals surface area contributed by atoms with Gasteiger partial charge in [0.25, 0.3) is 0 Å². The Balaban J connectivity index is 1.95. The predicted octanol–water partition coefficient (Wildman–Crippen LogP) is 1.63. The lowest BCUT2D eigenvalue weighted by atomic mass is 10.0. The number of rotatable bonds is 1. The molecule has 2 atom stereocenters. The van der Waals surface area contributed by atoms with E-state index in [0.717, 1.165) is 38.2 Å². The average molecular weight is 182 g/mol. The third kappa shape index (κ3) is 1.85. The van der Waals surface area contributed by atoms with Crippen molar-refractivity contribution in [1.29, 1.82) is 5.41 Å². The highest BCUT2D eigenvalue weighted by Crippen LogP contribution is 2.23. The maximum Gasteiger partial charge on any atom is 0.0960 e. The van der Waals surface area contributed by atoms with Gasteiger partial charge in [0.1, 0.15) is 0 Å². The Morgan fingerprint density at radius 2 is 2.38 bits per heavy atom. The summed E-state index contributed by atoms with van der Waals surface area (Å²) in [5.41, 5.74) is 0. The zero-order valence-corrected chi connectivity index (χ0v) is 8.25. The van der Waals surface area contributed by atoms with Crippen molar-refractivity contribution in [2.24, 2.45) is 0 Å². The zero-order valence-electron chi connectivity index (χ0n) is 8.25. The monoisotopic (exact) mass is 182 g/mol. The van der Waals surface area contributed by atoms with Gasteiger partial charge in [0.15, 0.2) is 0 Å². The maximum absolute atomic E-state index is 7.79. The van der Waals surface area contributed by atoms with Gasteiger partial charge in [0.05, 0.1) is 11.9 Å². The van der Waals surface area contributed by atoms with Crippen LogP contribution >= 0.6 is 0 Å². The molecule has 13 heavy (non-hydrogen) atoms. The van der Waals surface area contributed by atoms with Crippen LogP contribution in [0.2, 0.25) is 0 Å². The van der Waals surface area contributed by atoms with Gasteiger partial charge in [-0.1, -0.05) is 0 Å². The maximum atomic E-state index is 7.79. The Morgan fingerprint density at radius 3 is 3.00 bits per heavy atom. The van der Waals surface area contributed by atoms with E-state index in [4.69, 9.17) is 10.1 Å². The summed E-state index contributed by atoms with van der Waals surface area (Å²) in [6.45, 7) is 4.09. The van der Waals surface area contributed by atoms with Crippen molar-refractivity contribution in [2.45, 2.75) is 44.8 Å². The molecule has 2 rings (SSSR count).